The molecule has 116 valence electrons. The molecule has 0 aromatic heterocycles. The van der Waals surface area contributed by atoms with Crippen LogP contribution in [0, 0.1) is 0 Å². The van der Waals surface area contributed by atoms with Crippen molar-refractivity contribution in [1.29, 1.82) is 0 Å². The van der Waals surface area contributed by atoms with E-state index in [1.807, 2.05) is 0 Å². The first kappa shape index (κ1) is 14.0. The zero-order valence-corrected chi connectivity index (χ0v) is 16.2. The topological polar surface area (TPSA) is 9.23 Å². The highest BCUT2D eigenvalue weighted by atomic mass is 28.4. The smallest absolute Gasteiger partial charge is 0.206 e. The lowest BCUT2D eigenvalue weighted by Gasteiger charge is -2.58. The van der Waals surface area contributed by atoms with Crippen molar-refractivity contribution in [3.63, 3.8) is 0 Å². The van der Waals surface area contributed by atoms with Gasteiger partial charge in [0.1, 0.15) is 0 Å². The van der Waals surface area contributed by atoms with E-state index in [2.05, 4.69) is 80.8 Å². The number of benzene rings is 2. The average molecular weight is 335 g/mol. The van der Waals surface area contributed by atoms with E-state index in [0.29, 0.717) is 5.92 Å². The van der Waals surface area contributed by atoms with Gasteiger partial charge in [-0.05, 0) is 53.6 Å². The Hall–Kier alpha value is -1.43. The highest BCUT2D eigenvalue weighted by Crippen LogP contribution is 2.58. The Balaban J connectivity index is 1.99. The largest absolute Gasteiger partial charge is 0.451 e. The monoisotopic (exact) mass is 334 g/mol. The van der Waals surface area contributed by atoms with Crippen LogP contribution in [0.4, 0.5) is 0 Å². The van der Waals surface area contributed by atoms with E-state index in [1.54, 1.807) is 5.56 Å². The van der Waals surface area contributed by atoms with Gasteiger partial charge in [-0.3, -0.25) is 0 Å². The van der Waals surface area contributed by atoms with Gasteiger partial charge in [-0.15, -0.1) is 0 Å². The third-order valence-electron chi connectivity index (χ3n) is 6.19. The van der Waals surface area contributed by atoms with Crippen molar-refractivity contribution in [3.8, 4) is 0 Å². The fraction of sp³-hybridized carbons (Fsp3) is 0.300. The summed E-state index contributed by atoms with van der Waals surface area (Å²) in [6, 6.07) is 16.0. The molecule has 0 amide bonds. The predicted octanol–water partition coefficient (Wildman–Crippen LogP) is 4.17. The molecule has 4 aliphatic rings. The second-order valence-electron chi connectivity index (χ2n) is 8.12. The van der Waals surface area contributed by atoms with Gasteiger partial charge in [0.05, 0.1) is 5.04 Å². The Kier molecular flexibility index (Phi) is 2.41. The van der Waals surface area contributed by atoms with Crippen molar-refractivity contribution < 1.29 is 4.12 Å². The standard InChI is InChI=1S/C20H22OSi2/c1-22(2)18-11-7-9-16-14-12-13-20(19(16)18,23(3,4)21-22)17-10-6-5-8-15(14)17/h5-14H,1-4H3. The van der Waals surface area contributed by atoms with Crippen LogP contribution in [0.1, 0.15) is 28.2 Å². The molecule has 23 heavy (non-hydrogen) atoms. The van der Waals surface area contributed by atoms with Gasteiger partial charge < -0.3 is 4.12 Å². The van der Waals surface area contributed by atoms with Crippen molar-refractivity contribution >= 4 is 21.8 Å². The van der Waals surface area contributed by atoms with Crippen LogP contribution in [-0.4, -0.2) is 16.6 Å². The lowest BCUT2D eigenvalue weighted by molar-refractivity contribution is 0.497. The molecule has 2 unspecified atom stereocenters. The van der Waals surface area contributed by atoms with E-state index in [-0.39, 0.29) is 5.04 Å². The highest BCUT2D eigenvalue weighted by molar-refractivity contribution is 6.96. The number of hydrogen-bond donors (Lipinski definition) is 0. The first-order chi connectivity index (χ1) is 10.9. The molecule has 2 aromatic carbocycles. The van der Waals surface area contributed by atoms with Crippen LogP contribution in [-0.2, 0) is 9.15 Å². The third kappa shape index (κ3) is 1.43. The summed E-state index contributed by atoms with van der Waals surface area (Å²) in [7, 11) is -3.81. The summed E-state index contributed by atoms with van der Waals surface area (Å²) in [6.07, 6.45) is 4.94. The molecular weight excluding hydrogens is 312 g/mol. The molecule has 0 saturated heterocycles. The van der Waals surface area contributed by atoms with Crippen molar-refractivity contribution in [3.05, 3.63) is 76.9 Å². The number of hydrogen-bond acceptors (Lipinski definition) is 1. The zero-order chi connectivity index (χ0) is 16.0. The number of rotatable bonds is 0. The molecule has 0 fully saturated rings. The summed E-state index contributed by atoms with van der Waals surface area (Å²) < 4.78 is 6.98. The normalized spacial score (nSPS) is 30.7. The van der Waals surface area contributed by atoms with Crippen molar-refractivity contribution in [1.82, 2.24) is 0 Å². The SMILES string of the molecule is C[Si]1(C)O[Si](C)(C)C23C=CC(c4ccccc42)c2cccc1c23. The van der Waals surface area contributed by atoms with E-state index in [1.165, 1.54) is 21.9 Å². The second kappa shape index (κ2) is 3.97. The predicted molar refractivity (Wildman–Crippen MR) is 100 cm³/mol. The minimum Gasteiger partial charge on any atom is -0.451 e. The fourth-order valence-electron chi connectivity index (χ4n) is 5.42. The minimum atomic E-state index is -1.98. The summed E-state index contributed by atoms with van der Waals surface area (Å²) in [6.45, 7) is 9.60. The Labute approximate surface area is 140 Å². The van der Waals surface area contributed by atoms with E-state index in [9.17, 15) is 0 Å². The molecule has 1 heterocycles. The van der Waals surface area contributed by atoms with Crippen LogP contribution in [0.3, 0.4) is 0 Å². The Bertz CT molecular complexity index is 881. The molecule has 1 nitrogen and oxygen atoms in total. The van der Waals surface area contributed by atoms with Gasteiger partial charge in [0, 0.05) is 5.92 Å². The molecule has 6 rings (SSSR count). The van der Waals surface area contributed by atoms with E-state index in [4.69, 9.17) is 4.12 Å². The Morgan fingerprint density at radius 2 is 1.65 bits per heavy atom. The van der Waals surface area contributed by atoms with Gasteiger partial charge >= 0.3 is 0 Å². The first-order valence-corrected chi connectivity index (χ1v) is 14.3. The summed E-state index contributed by atoms with van der Waals surface area (Å²) in [5.41, 5.74) is 6.15. The molecule has 3 heteroatoms. The summed E-state index contributed by atoms with van der Waals surface area (Å²) in [5, 5.41) is 1.51. The molecule has 0 N–H and O–H groups in total. The van der Waals surface area contributed by atoms with Crippen molar-refractivity contribution in [2.75, 3.05) is 0 Å². The van der Waals surface area contributed by atoms with Gasteiger partial charge in [0.15, 0.2) is 8.32 Å². The van der Waals surface area contributed by atoms with Crippen LogP contribution in [0.25, 0.3) is 0 Å². The quantitative estimate of drug-likeness (QED) is 0.519. The van der Waals surface area contributed by atoms with E-state index < -0.39 is 16.6 Å². The maximum Gasteiger partial charge on any atom is 0.206 e. The summed E-state index contributed by atoms with van der Waals surface area (Å²) >= 11 is 0. The molecule has 3 aliphatic carbocycles. The van der Waals surface area contributed by atoms with Gasteiger partial charge in [-0.25, -0.2) is 0 Å². The van der Waals surface area contributed by atoms with E-state index >= 15 is 0 Å². The minimum absolute atomic E-state index is 0.00715. The summed E-state index contributed by atoms with van der Waals surface area (Å²) in [5.74, 6) is 0.427. The van der Waals surface area contributed by atoms with Gasteiger partial charge in [0.25, 0.3) is 0 Å². The van der Waals surface area contributed by atoms with Crippen LogP contribution in [0.15, 0.2) is 54.6 Å². The molecule has 0 radical (unpaired) electrons. The lowest BCUT2D eigenvalue weighted by Crippen LogP contribution is -2.71. The third-order valence-corrected chi connectivity index (χ3v) is 14.6. The maximum atomic E-state index is 6.98. The van der Waals surface area contributed by atoms with Crippen LogP contribution < -0.4 is 5.19 Å². The molecule has 2 atom stereocenters. The zero-order valence-electron chi connectivity index (χ0n) is 14.2. The summed E-state index contributed by atoms with van der Waals surface area (Å²) in [4.78, 5) is 0. The van der Waals surface area contributed by atoms with Crippen molar-refractivity contribution in [2.45, 2.75) is 37.1 Å². The van der Waals surface area contributed by atoms with E-state index in [0.717, 1.165) is 0 Å². The first-order valence-electron chi connectivity index (χ1n) is 8.51. The average Bonchev–Trinajstić information content (AvgIpc) is 2.52. The van der Waals surface area contributed by atoms with Gasteiger partial charge in [-0.1, -0.05) is 54.6 Å². The molecular formula is C20H22OSi2. The van der Waals surface area contributed by atoms with Crippen LogP contribution in [0.5, 0.6) is 0 Å². The lowest BCUT2D eigenvalue weighted by atomic mass is 9.67. The number of allylic oxidation sites excluding steroid dienone is 2. The Morgan fingerprint density at radius 3 is 2.48 bits per heavy atom. The van der Waals surface area contributed by atoms with Gasteiger partial charge in [0.2, 0.25) is 8.32 Å². The van der Waals surface area contributed by atoms with Crippen LogP contribution >= 0.6 is 0 Å². The highest BCUT2D eigenvalue weighted by Gasteiger charge is 2.62. The maximum absolute atomic E-state index is 6.98. The van der Waals surface area contributed by atoms with Crippen molar-refractivity contribution in [2.24, 2.45) is 0 Å². The second-order valence-corrected chi connectivity index (χ2v) is 16.3. The van der Waals surface area contributed by atoms with Crippen LogP contribution in [0.2, 0.25) is 26.2 Å². The Morgan fingerprint density at radius 1 is 0.913 bits per heavy atom. The molecule has 0 saturated carbocycles. The molecule has 1 aliphatic heterocycles. The molecule has 2 bridgehead atoms. The van der Waals surface area contributed by atoms with Gasteiger partial charge in [-0.2, -0.15) is 0 Å². The molecule has 1 spiro atoms. The molecule has 2 aromatic rings. The fourth-order valence-corrected chi connectivity index (χ4v) is 15.4.